The highest BCUT2D eigenvalue weighted by atomic mass is 32.2. The summed E-state index contributed by atoms with van der Waals surface area (Å²) >= 11 is 0.760. The number of halogens is 3. The summed E-state index contributed by atoms with van der Waals surface area (Å²) in [7, 11) is -3.14. The number of hydrogen-bond acceptors (Lipinski definition) is 7. The molecule has 0 fully saturated rings. The van der Waals surface area contributed by atoms with Crippen molar-refractivity contribution in [2.75, 3.05) is 11.8 Å². The van der Waals surface area contributed by atoms with E-state index in [2.05, 4.69) is 9.47 Å². The highest BCUT2D eigenvalue weighted by Gasteiger charge is 2.31. The van der Waals surface area contributed by atoms with Gasteiger partial charge in [-0.3, -0.25) is 4.72 Å². The monoisotopic (exact) mass is 411 g/mol. The average molecular weight is 411 g/mol. The van der Waals surface area contributed by atoms with Crippen molar-refractivity contribution in [2.24, 2.45) is 0 Å². The van der Waals surface area contributed by atoms with Crippen LogP contribution in [0.2, 0.25) is 0 Å². The van der Waals surface area contributed by atoms with Gasteiger partial charge in [0.15, 0.2) is 0 Å². The molecule has 0 bridgehead atoms. The molecule has 0 aliphatic carbocycles. The van der Waals surface area contributed by atoms with E-state index in [0.717, 1.165) is 36.6 Å². The van der Waals surface area contributed by atoms with Gasteiger partial charge >= 0.3 is 12.3 Å². The standard InChI is InChI=1S/C14H12F3NO6S2/c1-7-9(13(20)23-2)6-12(25-7)26(21,22)18-10-5-8(3-4-11(10)19)24-14(15,16)17/h3-6,18-19H,1-2H3. The molecule has 0 unspecified atom stereocenters. The van der Waals surface area contributed by atoms with Gasteiger partial charge in [0.1, 0.15) is 15.7 Å². The summed E-state index contributed by atoms with van der Waals surface area (Å²) in [6.45, 7) is 1.51. The Kier molecular flexibility index (Phi) is 5.37. The third-order valence-corrected chi connectivity index (χ3v) is 5.90. The van der Waals surface area contributed by atoms with Crippen LogP contribution in [0.15, 0.2) is 28.5 Å². The number of aryl methyl sites for hydroxylation is 1. The Morgan fingerprint density at radius 1 is 1.27 bits per heavy atom. The van der Waals surface area contributed by atoms with Gasteiger partial charge in [-0.15, -0.1) is 24.5 Å². The molecule has 0 saturated heterocycles. The van der Waals surface area contributed by atoms with Crippen molar-refractivity contribution in [2.45, 2.75) is 17.5 Å². The first kappa shape index (κ1) is 19.8. The summed E-state index contributed by atoms with van der Waals surface area (Å²) in [5.74, 6) is -2.06. The van der Waals surface area contributed by atoms with E-state index in [1.165, 1.54) is 6.92 Å². The number of nitrogens with one attached hydrogen (secondary N) is 1. The van der Waals surface area contributed by atoms with E-state index in [0.29, 0.717) is 10.9 Å². The molecule has 7 nitrogen and oxygen atoms in total. The van der Waals surface area contributed by atoms with Crippen LogP contribution in [-0.4, -0.2) is 33.0 Å². The van der Waals surface area contributed by atoms with Crippen molar-refractivity contribution in [3.63, 3.8) is 0 Å². The van der Waals surface area contributed by atoms with E-state index in [9.17, 15) is 31.5 Å². The van der Waals surface area contributed by atoms with Crippen molar-refractivity contribution in [1.82, 2.24) is 0 Å². The minimum absolute atomic E-state index is 0.0382. The zero-order chi connectivity index (χ0) is 19.7. The van der Waals surface area contributed by atoms with Crippen LogP contribution in [0.25, 0.3) is 0 Å². The first-order chi connectivity index (χ1) is 11.9. The number of thiophene rings is 1. The Balaban J connectivity index is 2.35. The Bertz CT molecular complexity index is 937. The molecular weight excluding hydrogens is 399 g/mol. The summed E-state index contributed by atoms with van der Waals surface area (Å²) in [4.78, 5) is 11.9. The minimum atomic E-state index is -4.98. The predicted octanol–water partition coefficient (Wildman–Crippen LogP) is 3.25. The second-order valence-corrected chi connectivity index (χ2v) is 8.02. The van der Waals surface area contributed by atoms with Crippen molar-refractivity contribution < 1.29 is 41.0 Å². The van der Waals surface area contributed by atoms with Gasteiger partial charge in [-0.05, 0) is 25.1 Å². The SMILES string of the molecule is COC(=O)c1cc(S(=O)(=O)Nc2cc(OC(F)(F)F)ccc2O)sc1C. The molecule has 0 spiro atoms. The summed E-state index contributed by atoms with van der Waals surface area (Å²) in [5.41, 5.74) is -0.478. The van der Waals surface area contributed by atoms with E-state index in [1.807, 2.05) is 4.72 Å². The van der Waals surface area contributed by atoms with Gasteiger partial charge in [0.05, 0.1) is 18.4 Å². The number of esters is 1. The minimum Gasteiger partial charge on any atom is -0.506 e. The Morgan fingerprint density at radius 2 is 1.92 bits per heavy atom. The summed E-state index contributed by atoms with van der Waals surface area (Å²) in [6, 6.07) is 3.42. The number of alkyl halides is 3. The van der Waals surface area contributed by atoms with E-state index < -0.39 is 39.5 Å². The predicted molar refractivity (Wildman–Crippen MR) is 86.0 cm³/mol. The third kappa shape index (κ3) is 4.58. The van der Waals surface area contributed by atoms with Crippen molar-refractivity contribution in [3.8, 4) is 11.5 Å². The first-order valence-corrected chi connectivity index (χ1v) is 9.03. The van der Waals surface area contributed by atoms with Crippen LogP contribution >= 0.6 is 11.3 Å². The lowest BCUT2D eigenvalue weighted by atomic mass is 10.3. The molecule has 0 saturated carbocycles. The largest absolute Gasteiger partial charge is 0.573 e. The second kappa shape index (κ2) is 7.03. The van der Waals surface area contributed by atoms with Crippen molar-refractivity contribution >= 4 is 33.0 Å². The van der Waals surface area contributed by atoms with E-state index >= 15 is 0 Å². The number of hydrogen-bond donors (Lipinski definition) is 2. The Labute approximate surface area is 150 Å². The molecule has 1 aromatic heterocycles. The van der Waals surface area contributed by atoms with Crippen LogP contribution in [0.1, 0.15) is 15.2 Å². The molecule has 2 rings (SSSR count). The molecule has 26 heavy (non-hydrogen) atoms. The number of phenols is 1. The number of ether oxygens (including phenoxy) is 2. The maximum absolute atomic E-state index is 12.4. The third-order valence-electron chi connectivity index (χ3n) is 3.01. The number of rotatable bonds is 5. The molecule has 1 aromatic carbocycles. The number of phenolic OH excluding ortho intramolecular Hbond substituents is 1. The van der Waals surface area contributed by atoms with Crippen LogP contribution in [-0.2, 0) is 14.8 Å². The quantitative estimate of drug-likeness (QED) is 0.579. The number of aromatic hydroxyl groups is 1. The average Bonchev–Trinajstić information content (AvgIpc) is 2.91. The van der Waals surface area contributed by atoms with Gasteiger partial charge < -0.3 is 14.6 Å². The normalized spacial score (nSPS) is 11.9. The molecular formula is C14H12F3NO6S2. The van der Waals surface area contributed by atoms with Gasteiger partial charge in [0.25, 0.3) is 10.0 Å². The lowest BCUT2D eigenvalue weighted by molar-refractivity contribution is -0.274. The highest BCUT2D eigenvalue weighted by molar-refractivity contribution is 7.94. The molecule has 0 amide bonds. The molecule has 2 N–H and O–H groups in total. The van der Waals surface area contributed by atoms with Gasteiger partial charge in [-0.2, -0.15) is 0 Å². The zero-order valence-corrected chi connectivity index (χ0v) is 14.9. The second-order valence-electron chi connectivity index (χ2n) is 4.86. The van der Waals surface area contributed by atoms with E-state index in [-0.39, 0.29) is 9.77 Å². The van der Waals surface area contributed by atoms with Crippen molar-refractivity contribution in [3.05, 3.63) is 34.7 Å². The fourth-order valence-electron chi connectivity index (χ4n) is 1.89. The Morgan fingerprint density at radius 3 is 2.50 bits per heavy atom. The van der Waals surface area contributed by atoms with Crippen LogP contribution in [0, 0.1) is 6.92 Å². The molecule has 0 aliphatic heterocycles. The number of carbonyl (C=O) groups is 1. The summed E-state index contributed by atoms with van der Waals surface area (Å²) < 4.78 is 71.5. The topological polar surface area (TPSA) is 102 Å². The van der Waals surface area contributed by atoms with Crippen LogP contribution < -0.4 is 9.46 Å². The van der Waals surface area contributed by atoms with E-state index in [1.54, 1.807) is 0 Å². The zero-order valence-electron chi connectivity index (χ0n) is 13.2. The van der Waals surface area contributed by atoms with Crippen LogP contribution in [0.4, 0.5) is 18.9 Å². The van der Waals surface area contributed by atoms with Crippen LogP contribution in [0.3, 0.4) is 0 Å². The van der Waals surface area contributed by atoms with Gasteiger partial charge in [-0.25, -0.2) is 13.2 Å². The highest BCUT2D eigenvalue weighted by Crippen LogP contribution is 2.34. The molecule has 1 heterocycles. The molecule has 2 aromatic rings. The number of carbonyl (C=O) groups excluding carboxylic acids is 1. The smallest absolute Gasteiger partial charge is 0.506 e. The fraction of sp³-hybridized carbons (Fsp3) is 0.214. The number of sulfonamides is 1. The molecule has 0 atom stereocenters. The fourth-order valence-corrected chi connectivity index (χ4v) is 4.39. The maximum atomic E-state index is 12.4. The van der Waals surface area contributed by atoms with Crippen molar-refractivity contribution in [1.29, 1.82) is 0 Å². The van der Waals surface area contributed by atoms with E-state index in [4.69, 9.17) is 0 Å². The molecule has 0 radical (unpaired) electrons. The Hall–Kier alpha value is -2.47. The summed E-state index contributed by atoms with van der Waals surface area (Å²) in [6.07, 6.45) is -4.98. The lowest BCUT2D eigenvalue weighted by Crippen LogP contribution is -2.17. The molecule has 12 heteroatoms. The van der Waals surface area contributed by atoms with Gasteiger partial charge in [0.2, 0.25) is 0 Å². The first-order valence-electron chi connectivity index (χ1n) is 6.73. The van der Waals surface area contributed by atoms with Gasteiger partial charge in [-0.1, -0.05) is 0 Å². The lowest BCUT2D eigenvalue weighted by Gasteiger charge is -2.12. The van der Waals surface area contributed by atoms with Crippen LogP contribution in [0.5, 0.6) is 11.5 Å². The number of anilines is 1. The molecule has 0 aliphatic rings. The molecule has 142 valence electrons. The number of benzene rings is 1. The summed E-state index contributed by atoms with van der Waals surface area (Å²) in [5, 5.41) is 9.70. The maximum Gasteiger partial charge on any atom is 0.573 e. The van der Waals surface area contributed by atoms with Gasteiger partial charge in [0, 0.05) is 10.9 Å². The number of methoxy groups -OCH3 is 1.